The molecule has 0 aliphatic carbocycles. The average Bonchev–Trinajstić information content (AvgIpc) is 2.29. The molecule has 0 aliphatic rings. The van der Waals surface area contributed by atoms with E-state index in [9.17, 15) is 4.79 Å². The Balaban J connectivity index is 2.53. The highest BCUT2D eigenvalue weighted by atomic mass is 79.9. The van der Waals surface area contributed by atoms with E-state index in [0.717, 1.165) is 15.6 Å². The van der Waals surface area contributed by atoms with Gasteiger partial charge in [-0.25, -0.2) is 14.8 Å². The van der Waals surface area contributed by atoms with Crippen molar-refractivity contribution >= 4 is 21.9 Å². The lowest BCUT2D eigenvalue weighted by Crippen LogP contribution is -2.02. The van der Waals surface area contributed by atoms with Gasteiger partial charge < -0.3 is 5.11 Å². The molecule has 1 aromatic heterocycles. The van der Waals surface area contributed by atoms with E-state index >= 15 is 0 Å². The first-order chi connectivity index (χ1) is 8.08. The summed E-state index contributed by atoms with van der Waals surface area (Å²) in [5.74, 6) is -0.627. The summed E-state index contributed by atoms with van der Waals surface area (Å²) in [6, 6.07) is 7.05. The second-order valence-corrected chi connectivity index (χ2v) is 4.45. The van der Waals surface area contributed by atoms with Crippen LogP contribution in [-0.2, 0) is 0 Å². The van der Waals surface area contributed by atoms with Gasteiger partial charge in [0.25, 0.3) is 0 Å². The van der Waals surface area contributed by atoms with Crippen molar-refractivity contribution in [1.82, 2.24) is 9.97 Å². The van der Waals surface area contributed by atoms with Gasteiger partial charge in [-0.15, -0.1) is 0 Å². The molecule has 86 valence electrons. The molecule has 0 radical (unpaired) electrons. The largest absolute Gasteiger partial charge is 0.477 e. The van der Waals surface area contributed by atoms with E-state index in [1.807, 2.05) is 25.1 Å². The van der Waals surface area contributed by atoms with Crippen LogP contribution < -0.4 is 0 Å². The van der Waals surface area contributed by atoms with E-state index in [-0.39, 0.29) is 5.69 Å². The Morgan fingerprint density at radius 1 is 1.35 bits per heavy atom. The average molecular weight is 293 g/mol. The van der Waals surface area contributed by atoms with Crippen LogP contribution >= 0.6 is 15.9 Å². The van der Waals surface area contributed by atoms with Gasteiger partial charge in [0.1, 0.15) is 0 Å². The molecule has 0 bridgehead atoms. The summed E-state index contributed by atoms with van der Waals surface area (Å²) in [7, 11) is 0. The Bertz CT molecular complexity index is 584. The Morgan fingerprint density at radius 2 is 2.12 bits per heavy atom. The fourth-order valence-corrected chi connectivity index (χ4v) is 1.96. The zero-order valence-corrected chi connectivity index (χ0v) is 10.6. The maximum absolute atomic E-state index is 10.8. The lowest BCUT2D eigenvalue weighted by atomic mass is 10.1. The second-order valence-electron chi connectivity index (χ2n) is 3.53. The lowest BCUT2D eigenvalue weighted by Gasteiger charge is -2.05. The Hall–Kier alpha value is -1.75. The molecule has 2 aromatic rings. The third kappa shape index (κ3) is 2.50. The maximum atomic E-state index is 10.8. The fraction of sp³-hybridized carbons (Fsp3) is 0.0833. The number of hydrogen-bond donors (Lipinski definition) is 1. The number of aryl methyl sites for hydroxylation is 1. The smallest absolute Gasteiger partial charge is 0.354 e. The number of halogens is 1. The molecule has 0 fully saturated rings. The summed E-state index contributed by atoms with van der Waals surface area (Å²) >= 11 is 3.37. The molecule has 0 atom stereocenters. The number of aromatic carboxylic acids is 1. The molecule has 0 unspecified atom stereocenters. The number of rotatable bonds is 2. The van der Waals surface area contributed by atoms with E-state index < -0.39 is 5.97 Å². The summed E-state index contributed by atoms with van der Waals surface area (Å²) in [6.07, 6.45) is 1.45. The predicted octanol–water partition coefficient (Wildman–Crippen LogP) is 2.91. The molecule has 0 amide bonds. The first-order valence-corrected chi connectivity index (χ1v) is 5.70. The molecule has 0 spiro atoms. The van der Waals surface area contributed by atoms with E-state index in [4.69, 9.17) is 5.11 Å². The van der Waals surface area contributed by atoms with Gasteiger partial charge in [0, 0.05) is 16.2 Å². The molecule has 0 aliphatic heterocycles. The second kappa shape index (κ2) is 4.63. The highest BCUT2D eigenvalue weighted by Gasteiger charge is 2.09. The topological polar surface area (TPSA) is 63.1 Å². The number of carboxylic acid groups (broad SMARTS) is 1. The molecule has 5 heteroatoms. The van der Waals surface area contributed by atoms with E-state index in [2.05, 4.69) is 25.9 Å². The molecule has 0 saturated heterocycles. The summed E-state index contributed by atoms with van der Waals surface area (Å²) in [4.78, 5) is 18.9. The first-order valence-electron chi connectivity index (χ1n) is 4.91. The van der Waals surface area contributed by atoms with E-state index in [1.165, 1.54) is 12.3 Å². The molecule has 4 nitrogen and oxygen atoms in total. The van der Waals surface area contributed by atoms with Crippen LogP contribution in [0, 0.1) is 6.92 Å². The molecular weight excluding hydrogens is 284 g/mol. The van der Waals surface area contributed by atoms with Gasteiger partial charge in [-0.2, -0.15) is 0 Å². The van der Waals surface area contributed by atoms with Crippen LogP contribution in [0.15, 0.2) is 34.9 Å². The number of carbonyl (C=O) groups is 1. The van der Waals surface area contributed by atoms with Crippen LogP contribution in [0.25, 0.3) is 11.4 Å². The summed E-state index contributed by atoms with van der Waals surface area (Å²) in [6.45, 7) is 1.93. The van der Waals surface area contributed by atoms with Crippen LogP contribution in [0.4, 0.5) is 0 Å². The van der Waals surface area contributed by atoms with Crippen LogP contribution in [-0.4, -0.2) is 21.0 Å². The zero-order valence-electron chi connectivity index (χ0n) is 9.01. The molecule has 0 saturated carbocycles. The predicted molar refractivity (Wildman–Crippen MR) is 66.9 cm³/mol. The highest BCUT2D eigenvalue weighted by Crippen LogP contribution is 2.23. The molecule has 2 rings (SSSR count). The van der Waals surface area contributed by atoms with E-state index in [1.54, 1.807) is 0 Å². The van der Waals surface area contributed by atoms with Crippen molar-refractivity contribution in [2.75, 3.05) is 0 Å². The third-order valence-corrected chi connectivity index (χ3v) is 2.80. The van der Waals surface area contributed by atoms with Crippen LogP contribution in [0.5, 0.6) is 0 Å². The van der Waals surface area contributed by atoms with Gasteiger partial charge in [-0.05, 0) is 36.8 Å². The Morgan fingerprint density at radius 3 is 2.76 bits per heavy atom. The number of benzene rings is 1. The van der Waals surface area contributed by atoms with Crippen LogP contribution in [0.1, 0.15) is 16.1 Å². The lowest BCUT2D eigenvalue weighted by molar-refractivity contribution is 0.0690. The Labute approximate surface area is 106 Å². The molecule has 1 N–H and O–H groups in total. The van der Waals surface area contributed by atoms with Crippen molar-refractivity contribution in [1.29, 1.82) is 0 Å². The Kier molecular flexibility index (Phi) is 3.19. The van der Waals surface area contributed by atoms with Gasteiger partial charge in [0.2, 0.25) is 0 Å². The number of carboxylic acids is 1. The number of nitrogens with zero attached hydrogens (tertiary/aromatic N) is 2. The van der Waals surface area contributed by atoms with Crippen LogP contribution in [0.2, 0.25) is 0 Å². The van der Waals surface area contributed by atoms with Gasteiger partial charge in [0.05, 0.1) is 0 Å². The number of aromatic nitrogens is 2. The monoisotopic (exact) mass is 292 g/mol. The van der Waals surface area contributed by atoms with Crippen molar-refractivity contribution in [2.24, 2.45) is 0 Å². The van der Waals surface area contributed by atoms with Crippen molar-refractivity contribution in [3.8, 4) is 11.4 Å². The summed E-state index contributed by atoms with van der Waals surface area (Å²) in [5.41, 5.74) is 1.82. The van der Waals surface area contributed by atoms with Gasteiger partial charge in [-0.3, -0.25) is 0 Å². The third-order valence-electron chi connectivity index (χ3n) is 2.30. The first kappa shape index (κ1) is 11.7. The molecular formula is C12H9BrN2O2. The minimum absolute atomic E-state index is 0.00248. The fourth-order valence-electron chi connectivity index (χ4n) is 1.49. The minimum Gasteiger partial charge on any atom is -0.477 e. The van der Waals surface area contributed by atoms with Crippen LogP contribution in [0.3, 0.4) is 0 Å². The van der Waals surface area contributed by atoms with Gasteiger partial charge in [-0.1, -0.05) is 15.9 Å². The summed E-state index contributed by atoms with van der Waals surface area (Å²) < 4.78 is 0.966. The van der Waals surface area contributed by atoms with Gasteiger partial charge >= 0.3 is 5.97 Å². The molecule has 1 heterocycles. The van der Waals surface area contributed by atoms with E-state index in [0.29, 0.717) is 5.82 Å². The number of hydrogen-bond acceptors (Lipinski definition) is 3. The maximum Gasteiger partial charge on any atom is 0.354 e. The van der Waals surface area contributed by atoms with Crippen molar-refractivity contribution in [2.45, 2.75) is 6.92 Å². The molecule has 17 heavy (non-hydrogen) atoms. The standard InChI is InChI=1S/C12H9BrN2O2/c1-7-6-8(13)2-3-9(7)11-14-5-4-10(15-11)12(16)17/h2-6H,1H3,(H,16,17). The van der Waals surface area contributed by atoms with Gasteiger partial charge in [0.15, 0.2) is 11.5 Å². The van der Waals surface area contributed by atoms with Crippen molar-refractivity contribution in [3.05, 3.63) is 46.2 Å². The quantitative estimate of drug-likeness (QED) is 0.924. The molecule has 1 aromatic carbocycles. The normalized spacial score (nSPS) is 10.2. The van der Waals surface area contributed by atoms with Crippen molar-refractivity contribution < 1.29 is 9.90 Å². The highest BCUT2D eigenvalue weighted by molar-refractivity contribution is 9.10. The zero-order chi connectivity index (χ0) is 12.4. The summed E-state index contributed by atoms with van der Waals surface area (Å²) in [5, 5.41) is 8.87. The van der Waals surface area contributed by atoms with Crippen molar-refractivity contribution in [3.63, 3.8) is 0 Å². The minimum atomic E-state index is -1.05. The SMILES string of the molecule is Cc1cc(Br)ccc1-c1nccc(C(=O)O)n1.